The number of hydrogen-bond acceptors (Lipinski definition) is 7. The molecule has 3 aromatic carbocycles. The fourth-order valence-electron chi connectivity index (χ4n) is 5.79. The Kier molecular flexibility index (Phi) is 9.34. The van der Waals surface area contributed by atoms with Crippen molar-refractivity contribution in [2.75, 3.05) is 20.7 Å². The third-order valence-corrected chi connectivity index (χ3v) is 8.02. The van der Waals surface area contributed by atoms with Crippen LogP contribution in [0.4, 0.5) is 13.6 Å². The van der Waals surface area contributed by atoms with Crippen LogP contribution in [-0.4, -0.2) is 54.2 Å². The fraction of sp³-hybridized carbons (Fsp3) is 0.429. The van der Waals surface area contributed by atoms with Crippen molar-refractivity contribution >= 4 is 12.1 Å². The molecule has 3 atom stereocenters. The molecular weight excluding hydrogens is 582 g/mol. The van der Waals surface area contributed by atoms with E-state index >= 15 is 0 Å². The van der Waals surface area contributed by atoms with E-state index in [0.717, 1.165) is 28.3 Å². The zero-order valence-electron chi connectivity index (χ0n) is 26.6. The number of benzene rings is 3. The first-order valence-corrected chi connectivity index (χ1v) is 15.1. The van der Waals surface area contributed by atoms with Gasteiger partial charge in [-0.25, -0.2) is 18.4 Å². The number of nitrogens with zero attached hydrogens (tertiary/aromatic N) is 2. The lowest BCUT2D eigenvalue weighted by molar-refractivity contribution is -0.147. The molecule has 0 aromatic heterocycles. The van der Waals surface area contributed by atoms with Crippen molar-refractivity contribution in [3.05, 3.63) is 94.0 Å². The van der Waals surface area contributed by atoms with Gasteiger partial charge in [0.25, 0.3) is 0 Å². The number of methoxy groups -OCH3 is 1. The topological polar surface area (TPSA) is 77.5 Å². The number of fused-ring (bicyclic) bond motifs is 2. The highest BCUT2D eigenvalue weighted by Crippen LogP contribution is 2.37. The maximum absolute atomic E-state index is 13.8. The first-order valence-electron chi connectivity index (χ1n) is 15.1. The number of ether oxygens (including phenoxy) is 4. The van der Waals surface area contributed by atoms with Crippen molar-refractivity contribution in [2.45, 2.75) is 77.5 Å². The highest BCUT2D eigenvalue weighted by atomic mass is 19.2. The number of carbonyl (C=O) groups is 2. The molecule has 0 bridgehead atoms. The SMILES string of the molecule is CC[C@@H](Oc1ccc([C@H]2CN(C)Cc3cc4c(cc3O2)CN(C(=O)OC(C)(C)C)[C@H](C(=O)OC)C4)cc1)c1ccc(F)c(F)c1. The van der Waals surface area contributed by atoms with Crippen LogP contribution in [0.2, 0.25) is 0 Å². The van der Waals surface area contributed by atoms with Gasteiger partial charge in [0.05, 0.1) is 13.7 Å². The molecule has 0 spiro atoms. The van der Waals surface area contributed by atoms with E-state index in [4.69, 9.17) is 18.9 Å². The molecule has 240 valence electrons. The summed E-state index contributed by atoms with van der Waals surface area (Å²) < 4.78 is 50.6. The molecule has 2 heterocycles. The Morgan fingerprint density at radius 3 is 2.36 bits per heavy atom. The summed E-state index contributed by atoms with van der Waals surface area (Å²) in [6, 6.07) is 14.7. The molecule has 0 unspecified atom stereocenters. The summed E-state index contributed by atoms with van der Waals surface area (Å²) >= 11 is 0. The van der Waals surface area contributed by atoms with Gasteiger partial charge in [-0.15, -0.1) is 0 Å². The van der Waals surface area contributed by atoms with E-state index in [2.05, 4.69) is 11.0 Å². The van der Waals surface area contributed by atoms with E-state index in [1.54, 1.807) is 20.8 Å². The van der Waals surface area contributed by atoms with Crippen LogP contribution in [0.15, 0.2) is 54.6 Å². The molecular formula is C35H40F2N2O6. The lowest BCUT2D eigenvalue weighted by Gasteiger charge is -2.36. The quantitative estimate of drug-likeness (QED) is 0.277. The summed E-state index contributed by atoms with van der Waals surface area (Å²) in [5.74, 6) is -0.957. The van der Waals surface area contributed by atoms with E-state index in [0.29, 0.717) is 43.0 Å². The van der Waals surface area contributed by atoms with Gasteiger partial charge in [0.1, 0.15) is 35.3 Å². The van der Waals surface area contributed by atoms with Gasteiger partial charge in [0.2, 0.25) is 0 Å². The Balaban J connectivity index is 1.36. The van der Waals surface area contributed by atoms with Gasteiger partial charge in [-0.3, -0.25) is 9.80 Å². The molecule has 5 rings (SSSR count). The highest BCUT2D eigenvalue weighted by molar-refractivity contribution is 5.82. The van der Waals surface area contributed by atoms with Gasteiger partial charge >= 0.3 is 12.1 Å². The Morgan fingerprint density at radius 1 is 0.978 bits per heavy atom. The molecule has 0 saturated heterocycles. The van der Waals surface area contributed by atoms with E-state index < -0.39 is 41.4 Å². The van der Waals surface area contributed by atoms with Crippen molar-refractivity contribution in [2.24, 2.45) is 0 Å². The predicted octanol–water partition coefficient (Wildman–Crippen LogP) is 6.90. The number of amides is 1. The molecule has 0 saturated carbocycles. The number of hydrogen-bond donors (Lipinski definition) is 0. The third-order valence-electron chi connectivity index (χ3n) is 8.02. The van der Waals surface area contributed by atoms with Crippen molar-refractivity contribution in [1.82, 2.24) is 9.80 Å². The molecule has 0 fully saturated rings. The van der Waals surface area contributed by atoms with E-state index in [1.165, 1.54) is 24.1 Å². The van der Waals surface area contributed by atoms with Crippen LogP contribution in [0.5, 0.6) is 11.5 Å². The largest absolute Gasteiger partial charge is 0.486 e. The zero-order chi connectivity index (χ0) is 32.5. The molecule has 0 aliphatic carbocycles. The van der Waals surface area contributed by atoms with Crippen LogP contribution >= 0.6 is 0 Å². The fourth-order valence-corrected chi connectivity index (χ4v) is 5.79. The second kappa shape index (κ2) is 13.0. The van der Waals surface area contributed by atoms with Crippen LogP contribution in [0.25, 0.3) is 0 Å². The second-order valence-electron chi connectivity index (χ2n) is 12.6. The summed E-state index contributed by atoms with van der Waals surface area (Å²) in [6.07, 6.45) is -0.398. The molecule has 1 amide bonds. The van der Waals surface area contributed by atoms with E-state index in [1.807, 2.05) is 44.3 Å². The van der Waals surface area contributed by atoms with Gasteiger partial charge < -0.3 is 18.9 Å². The van der Waals surface area contributed by atoms with Crippen molar-refractivity contribution in [3.63, 3.8) is 0 Å². The van der Waals surface area contributed by atoms with Crippen LogP contribution in [0.3, 0.4) is 0 Å². The lowest BCUT2D eigenvalue weighted by atomic mass is 9.92. The number of likely N-dealkylation sites (N-methyl/N-ethyl adjacent to an activating group) is 1. The first kappa shape index (κ1) is 32.2. The summed E-state index contributed by atoms with van der Waals surface area (Å²) in [4.78, 5) is 29.4. The Bertz CT molecular complexity index is 1550. The first-order chi connectivity index (χ1) is 21.3. The Labute approximate surface area is 262 Å². The van der Waals surface area contributed by atoms with Crippen LogP contribution in [-0.2, 0) is 33.8 Å². The van der Waals surface area contributed by atoms with Crippen molar-refractivity contribution < 1.29 is 37.3 Å². The van der Waals surface area contributed by atoms with Gasteiger partial charge in [-0.2, -0.15) is 0 Å². The lowest BCUT2D eigenvalue weighted by Crippen LogP contribution is -2.50. The molecule has 8 nitrogen and oxygen atoms in total. The maximum Gasteiger partial charge on any atom is 0.411 e. The maximum atomic E-state index is 13.8. The Morgan fingerprint density at radius 2 is 1.71 bits per heavy atom. The van der Waals surface area contributed by atoms with Crippen LogP contribution < -0.4 is 9.47 Å². The number of halogens is 2. The van der Waals surface area contributed by atoms with E-state index in [9.17, 15) is 18.4 Å². The summed E-state index contributed by atoms with van der Waals surface area (Å²) in [7, 11) is 3.34. The second-order valence-corrected chi connectivity index (χ2v) is 12.6. The van der Waals surface area contributed by atoms with Gasteiger partial charge in [0, 0.05) is 25.1 Å². The van der Waals surface area contributed by atoms with Gasteiger partial charge in [0.15, 0.2) is 11.6 Å². The normalized spacial score (nSPS) is 19.0. The smallest absolute Gasteiger partial charge is 0.411 e. The molecule has 3 aromatic rings. The van der Waals surface area contributed by atoms with Gasteiger partial charge in [-0.1, -0.05) is 31.2 Å². The van der Waals surface area contributed by atoms with Crippen LogP contribution in [0, 0.1) is 11.6 Å². The standard InChI is InChI=1S/C35H40F2N2O6/c1-7-30(22-10-13-27(36)28(37)15-22)43-26-11-8-21(9-12-26)32-20-38(5)18-25-14-23-16-29(33(40)42-6)39(34(41)45-35(2,3)4)19-24(23)17-31(25)44-32/h8-15,17,29-30,32H,7,16,18-20H2,1-6H3/t29-,30+,32+/m0/s1. The number of rotatable bonds is 6. The van der Waals surface area contributed by atoms with Crippen molar-refractivity contribution in [3.8, 4) is 11.5 Å². The number of carbonyl (C=O) groups excluding carboxylic acids is 2. The average molecular weight is 623 g/mol. The van der Waals surface area contributed by atoms with E-state index in [-0.39, 0.29) is 12.6 Å². The van der Waals surface area contributed by atoms with Gasteiger partial charge in [-0.05, 0) is 86.8 Å². The average Bonchev–Trinajstić information content (AvgIpc) is 3.15. The molecule has 0 N–H and O–H groups in total. The third kappa shape index (κ3) is 7.39. The summed E-state index contributed by atoms with van der Waals surface area (Å²) in [6.45, 7) is 8.74. The predicted molar refractivity (Wildman–Crippen MR) is 164 cm³/mol. The monoisotopic (exact) mass is 622 g/mol. The minimum Gasteiger partial charge on any atom is -0.486 e. The molecule has 2 aliphatic heterocycles. The number of esters is 1. The summed E-state index contributed by atoms with van der Waals surface area (Å²) in [5.41, 5.74) is 3.63. The Hall–Kier alpha value is -4.18. The molecule has 10 heteroatoms. The van der Waals surface area contributed by atoms with Crippen LogP contribution in [0.1, 0.15) is 74.1 Å². The minimum absolute atomic E-state index is 0.184. The molecule has 0 radical (unpaired) electrons. The van der Waals surface area contributed by atoms with Crippen molar-refractivity contribution in [1.29, 1.82) is 0 Å². The highest BCUT2D eigenvalue weighted by Gasteiger charge is 2.38. The minimum atomic E-state index is -0.901. The molecule has 45 heavy (non-hydrogen) atoms. The molecule has 2 aliphatic rings. The summed E-state index contributed by atoms with van der Waals surface area (Å²) in [5, 5.41) is 0. The zero-order valence-corrected chi connectivity index (χ0v) is 26.6.